The van der Waals surface area contributed by atoms with Gasteiger partial charge in [0.2, 0.25) is 100 Å². The zero-order chi connectivity index (χ0) is 103. The van der Waals surface area contributed by atoms with Crippen LogP contribution in [0.1, 0.15) is 129 Å². The first-order valence-electron chi connectivity index (χ1n) is 44.7. The number of hydrogen-bond acceptors (Lipinski definition) is 26. The second-order valence-electron chi connectivity index (χ2n) is 34.0. The molecule has 0 saturated carbocycles. The lowest BCUT2D eigenvalue weighted by Crippen LogP contribution is -2.63. The predicted molar refractivity (Wildman–Crippen MR) is 500 cm³/mol. The summed E-state index contributed by atoms with van der Waals surface area (Å²) in [4.78, 5) is 254. The molecule has 4 aromatic rings. The number of aliphatic carboxylic acids is 1. The van der Waals surface area contributed by atoms with Gasteiger partial charge in [-0.15, -0.1) is 0 Å². The molecular formula is C90H134N24O24. The molecule has 4 aromatic carbocycles. The van der Waals surface area contributed by atoms with Gasteiger partial charge in [0.05, 0.1) is 38.4 Å². The Labute approximate surface area is 797 Å². The maximum absolute atomic E-state index is 15.3. The van der Waals surface area contributed by atoms with Gasteiger partial charge in [-0.05, 0) is 99.8 Å². The molecule has 48 heteroatoms. The van der Waals surface area contributed by atoms with Crippen LogP contribution in [0.5, 0.6) is 0 Å². The van der Waals surface area contributed by atoms with Gasteiger partial charge in [0, 0.05) is 52.2 Å². The predicted octanol–water partition coefficient (Wildman–Crippen LogP) is -8.50. The fraction of sp³-hybridized carbons (Fsp3) is 0.511. The summed E-state index contributed by atoms with van der Waals surface area (Å²) in [6.45, 7) is 6.92. The Morgan fingerprint density at radius 3 is 1.00 bits per heavy atom. The minimum atomic E-state index is -2.01. The number of guanidine groups is 2. The van der Waals surface area contributed by atoms with Crippen molar-refractivity contribution in [2.45, 2.75) is 241 Å². The third-order valence-electron chi connectivity index (χ3n) is 21.4. The van der Waals surface area contributed by atoms with Gasteiger partial charge in [-0.2, -0.15) is 0 Å². The number of amides is 17. The molecule has 0 bridgehead atoms. The molecule has 0 aromatic heterocycles. The number of carboxylic acid groups (broad SMARTS) is 1. The molecule has 4 rings (SSSR count). The molecular weight excluding hydrogens is 1800 g/mol. The van der Waals surface area contributed by atoms with Crippen LogP contribution in [-0.4, -0.2) is 303 Å². The van der Waals surface area contributed by atoms with Gasteiger partial charge in [-0.25, -0.2) is 0 Å². The molecule has 0 spiro atoms. The monoisotopic (exact) mass is 1940 g/mol. The molecule has 0 heterocycles. The van der Waals surface area contributed by atoms with E-state index in [1.807, 2.05) is 0 Å². The Kier molecular flexibility index (Phi) is 50.0. The van der Waals surface area contributed by atoms with Crippen LogP contribution in [-0.2, 0) is 112 Å². The largest absolute Gasteiger partial charge is 0.480 e. The van der Waals surface area contributed by atoms with Crippen molar-refractivity contribution in [3.05, 3.63) is 144 Å². The van der Waals surface area contributed by atoms with Crippen molar-refractivity contribution in [2.24, 2.45) is 40.5 Å². The van der Waals surface area contributed by atoms with Gasteiger partial charge < -0.3 is 149 Å². The van der Waals surface area contributed by atoms with Crippen molar-refractivity contribution in [1.82, 2.24) is 90.0 Å². The zero-order valence-corrected chi connectivity index (χ0v) is 78.2. The summed E-state index contributed by atoms with van der Waals surface area (Å²) >= 11 is 0. The van der Waals surface area contributed by atoms with Gasteiger partial charge >= 0.3 is 5.97 Å². The number of aliphatic hydroxyl groups excluding tert-OH is 5. The summed E-state index contributed by atoms with van der Waals surface area (Å²) in [7, 11) is 1.18. The number of aliphatic hydroxyl groups is 5. The van der Waals surface area contributed by atoms with Crippen LogP contribution >= 0.6 is 0 Å². The van der Waals surface area contributed by atoms with E-state index < -0.39 is 279 Å². The Morgan fingerprint density at radius 1 is 0.341 bits per heavy atom. The van der Waals surface area contributed by atoms with E-state index in [0.29, 0.717) is 22.3 Å². The minimum Gasteiger partial charge on any atom is -0.480 e. The number of carboxylic acids is 1. The van der Waals surface area contributed by atoms with Crippen LogP contribution in [0.25, 0.3) is 0 Å². The van der Waals surface area contributed by atoms with Crippen molar-refractivity contribution in [3.63, 3.8) is 0 Å². The highest BCUT2D eigenvalue weighted by molar-refractivity contribution is 6.02. The van der Waals surface area contributed by atoms with Crippen LogP contribution in [0.15, 0.2) is 121 Å². The number of rotatable bonds is 61. The van der Waals surface area contributed by atoms with E-state index >= 15 is 24.0 Å². The highest BCUT2D eigenvalue weighted by Crippen LogP contribution is 2.18. The number of nitrogens with one attached hydrogen (secondary N) is 18. The van der Waals surface area contributed by atoms with Gasteiger partial charge in [-0.3, -0.25) is 97.1 Å². The molecule has 0 aliphatic carbocycles. The molecule has 18 atom stereocenters. The lowest BCUT2D eigenvalue weighted by molar-refractivity contribution is -0.145. The van der Waals surface area contributed by atoms with E-state index in [1.165, 1.54) is 7.05 Å². The normalized spacial score (nSPS) is 15.0. The molecule has 758 valence electrons. The van der Waals surface area contributed by atoms with Gasteiger partial charge in [-0.1, -0.05) is 149 Å². The number of hydrogen-bond donors (Lipinski definition) is 29. The van der Waals surface area contributed by atoms with Crippen molar-refractivity contribution in [3.8, 4) is 0 Å². The van der Waals surface area contributed by atoms with Crippen LogP contribution in [0.3, 0.4) is 0 Å². The number of primary amides is 2. The van der Waals surface area contributed by atoms with Crippen LogP contribution in [0.2, 0.25) is 0 Å². The molecule has 17 amide bonds. The van der Waals surface area contributed by atoms with Crippen LogP contribution in [0.4, 0.5) is 0 Å². The molecule has 0 saturated heterocycles. The first-order chi connectivity index (χ1) is 65.2. The number of nitrogens with two attached hydrogens (primary N) is 5. The highest BCUT2D eigenvalue weighted by Gasteiger charge is 2.42. The van der Waals surface area contributed by atoms with E-state index in [-0.39, 0.29) is 76.8 Å². The fourth-order valence-electron chi connectivity index (χ4n) is 13.9. The quantitative estimate of drug-likeness (QED) is 0.0111. The second kappa shape index (κ2) is 59.5. The first-order valence-corrected chi connectivity index (χ1v) is 44.7. The Morgan fingerprint density at radius 2 is 0.638 bits per heavy atom. The summed E-state index contributed by atoms with van der Waals surface area (Å²) in [5.74, 6) is -21.8. The van der Waals surface area contributed by atoms with Crippen molar-refractivity contribution in [1.29, 1.82) is 10.8 Å². The van der Waals surface area contributed by atoms with E-state index in [1.54, 1.807) is 149 Å². The fourth-order valence-corrected chi connectivity index (χ4v) is 13.9. The molecule has 34 N–H and O–H groups in total. The summed E-state index contributed by atoms with van der Waals surface area (Å²) in [6.07, 6.45) is -7.72. The summed E-state index contributed by atoms with van der Waals surface area (Å²) < 4.78 is 0. The third kappa shape index (κ3) is 41.5. The maximum atomic E-state index is 15.3. The average molecular weight is 1940 g/mol. The highest BCUT2D eigenvalue weighted by atomic mass is 16.4. The van der Waals surface area contributed by atoms with Gasteiger partial charge in [0.1, 0.15) is 96.7 Å². The van der Waals surface area contributed by atoms with E-state index in [4.69, 9.17) is 39.5 Å². The van der Waals surface area contributed by atoms with E-state index in [0.717, 1.165) is 25.7 Å². The van der Waals surface area contributed by atoms with Crippen molar-refractivity contribution >= 4 is 118 Å². The number of likely N-dealkylation sites (N-methyl/N-ethyl adjacent to an activating group) is 1. The lowest BCUT2D eigenvalue weighted by Gasteiger charge is -2.33. The summed E-state index contributed by atoms with van der Waals surface area (Å²) in [6, 6.07) is 5.06. The first kappa shape index (κ1) is 116. The zero-order valence-electron chi connectivity index (χ0n) is 78.2. The SMILES string of the molecule is CC(C)C[C@H](NC(=O)[C@H](CCCNC(=N)N)NC(=O)[C@H](Cc1ccccc1)NC(=O)[C@H](Cc1ccccc1)N(C)C(=O)[C@@H](NC(=O)[C@H](CO)NC(=O)[C@H](CC(C)C)NC(=O)[C@@H](N)CO)[C@@H](C)O)C(=O)N[C@@H](Cc1ccccc1)C(=O)N[C@@H](CC(N)=O)C(=O)N[C@@H](CCCNC(=N)N)C(=O)N[C@@H](CO)C(=O)N[C@@H](Cc1ccccc1)C(=O)N[C@H](C(=O)N[C@@H](CCC(N)=O)C(=O)N[C@@H](C)C(=O)O)[C@@H](C)O. The molecule has 0 fully saturated rings. The van der Waals surface area contributed by atoms with Gasteiger partial charge in [0.15, 0.2) is 11.9 Å². The summed E-state index contributed by atoms with van der Waals surface area (Å²) in [5, 5.41) is 117. The number of benzene rings is 4. The Bertz CT molecular complexity index is 4760. The summed E-state index contributed by atoms with van der Waals surface area (Å²) in [5.41, 5.74) is 29.5. The topological polar surface area (TPSA) is 802 Å². The second-order valence-corrected chi connectivity index (χ2v) is 34.0. The average Bonchev–Trinajstić information content (AvgIpc) is 0.831. The number of nitrogens with zero attached hydrogens (tertiary/aromatic N) is 1. The molecule has 0 aliphatic heterocycles. The minimum absolute atomic E-state index is 0.00545. The number of carbonyl (C=O) groups is 18. The van der Waals surface area contributed by atoms with E-state index in [9.17, 15) is 93.0 Å². The molecule has 0 radical (unpaired) electrons. The number of carbonyl (C=O) groups excluding carboxylic acids is 17. The molecule has 0 unspecified atom stereocenters. The van der Waals surface area contributed by atoms with Crippen molar-refractivity contribution in [2.75, 3.05) is 40.0 Å². The lowest BCUT2D eigenvalue weighted by atomic mass is 9.99. The van der Waals surface area contributed by atoms with Crippen LogP contribution < -0.4 is 114 Å². The maximum Gasteiger partial charge on any atom is 0.325 e. The molecule has 48 nitrogen and oxygen atoms in total. The van der Waals surface area contributed by atoms with Crippen LogP contribution in [0, 0.1) is 22.7 Å². The molecule has 0 aliphatic rings. The van der Waals surface area contributed by atoms with Crippen molar-refractivity contribution < 1.29 is 117 Å². The van der Waals surface area contributed by atoms with Gasteiger partial charge in [0.25, 0.3) is 0 Å². The Hall–Kier alpha value is -14.4. The smallest absolute Gasteiger partial charge is 0.325 e. The van der Waals surface area contributed by atoms with E-state index in [2.05, 4.69) is 85.1 Å². The third-order valence-corrected chi connectivity index (χ3v) is 21.4. The standard InChI is InChI=1S/C90H134N24O24/c1-47(2)37-60(104-73(122)56(91)44-115)78(127)111-67(46-117)84(133)113-72(51(7)119)87(136)114(8)68(42-55-29-19-12-20-30-55)85(134)109-63(40-53-25-15-10-16-26-53)79(128)101-57(31-21-35-98-89(94)95)75(124)105-61(38-48(3)4)77(126)106-62(39-52-23-13-9-14-24-52)80(129)108-65(43-70(93)121)81(130)102-58(32-22-36-99-90(96)97)76(125)110-66(45-116)83(132)107-64(41-54-27-17-11-18-28-54)82(131)112-71(50(6)118)86(135)103-59(33-34-69(92)120)74(123)100-49(5)88(137)138/h9-20,23-30,47-51,56-68,71-72,115-119H,21-22,31-46,91H2,1-8H3,(H2,92,120)(H2,93,121)(H,100,123)(H,101,128)(H,102,130)(H,103,135)(H,104,122)(H,105,124)(H,106,126)(H,107,132)(H,108,129)(H,109,134)(H,110,125)(H,111,127)(H,112,131)(H,113,133)(H,137,138)(H4,94,95,98)(H4,96,97,99)/t49-,50+,51+,56-,57-,58-,59-,60-,61-,62-,63-,64-,65-,66-,67-,68-,71-,72-/m0/s1. The molecule has 138 heavy (non-hydrogen) atoms. The Balaban J connectivity index is 1.72.